The molecule has 0 aliphatic rings. The molecule has 0 heterocycles. The molecule has 140 valence electrons. The number of ether oxygens (including phenoxy) is 2. The van der Waals surface area contributed by atoms with E-state index in [0.29, 0.717) is 23.1 Å². The summed E-state index contributed by atoms with van der Waals surface area (Å²) >= 11 is 9.83. The topological polar surface area (TPSA) is 35.1 Å². The van der Waals surface area contributed by atoms with E-state index in [0.717, 1.165) is 23.1 Å². The lowest BCUT2D eigenvalue weighted by atomic mass is 10.2. The van der Waals surface area contributed by atoms with Crippen LogP contribution in [0.25, 0.3) is 0 Å². The number of benzene rings is 3. The van der Waals surface area contributed by atoms with Gasteiger partial charge in [-0.15, -0.1) is 0 Å². The Hall–Kier alpha value is -2.01. The maximum Gasteiger partial charge on any atom is 0.175 e. The summed E-state index contributed by atoms with van der Waals surface area (Å²) in [6, 6.07) is 22.2. The average molecular weight is 448 g/mol. The Morgan fingerprint density at radius 1 is 0.926 bits per heavy atom. The van der Waals surface area contributed by atoms with Crippen LogP contribution in [-0.4, -0.2) is 7.11 Å². The zero-order valence-electron chi connectivity index (χ0n) is 15.1. The van der Waals surface area contributed by atoms with Crippen LogP contribution in [0.3, 0.4) is 0 Å². The first kappa shape index (κ1) is 19.7. The second-order valence-electron chi connectivity index (χ2n) is 6.17. The zero-order chi connectivity index (χ0) is 19.1. The Morgan fingerprint density at radius 2 is 1.63 bits per heavy atom. The third-order valence-electron chi connectivity index (χ3n) is 4.22. The quantitative estimate of drug-likeness (QED) is 0.530. The minimum absolute atomic E-state index is 0.383. The van der Waals surface area contributed by atoms with Crippen LogP contribution < -0.4 is 14.8 Å². The van der Waals surface area contributed by atoms with Crippen molar-refractivity contribution >= 4 is 27.5 Å². The third kappa shape index (κ3) is 5.48. The largest absolute Gasteiger partial charge is 0.493 e. The van der Waals surface area contributed by atoms with Crippen LogP contribution in [-0.2, 0) is 19.7 Å². The first-order valence-electron chi connectivity index (χ1n) is 8.75. The molecule has 0 aliphatic carbocycles. The van der Waals surface area contributed by atoms with Gasteiger partial charge in [0.2, 0.25) is 0 Å². The molecule has 3 rings (SSSR count). The van der Waals surface area contributed by atoms with Crippen molar-refractivity contribution in [2.24, 2.45) is 0 Å². The molecular weight excluding hydrogens is 426 g/mol. The predicted molar refractivity (Wildman–Crippen MR) is 112 cm³/mol. The third-order valence-corrected chi connectivity index (χ3v) is 5.18. The molecule has 0 radical (unpaired) electrons. The number of nitrogens with two attached hydrogens (primary N) is 1. The molecular formula is C22H22BrClNO2+. The van der Waals surface area contributed by atoms with Gasteiger partial charge in [0.25, 0.3) is 0 Å². The van der Waals surface area contributed by atoms with E-state index in [9.17, 15) is 0 Å². The van der Waals surface area contributed by atoms with Crippen LogP contribution in [0.1, 0.15) is 16.7 Å². The molecule has 5 heteroatoms. The van der Waals surface area contributed by atoms with Gasteiger partial charge in [0.1, 0.15) is 19.7 Å². The number of rotatable bonds is 8. The summed E-state index contributed by atoms with van der Waals surface area (Å²) in [5.41, 5.74) is 3.41. The van der Waals surface area contributed by atoms with Crippen molar-refractivity contribution in [3.63, 3.8) is 0 Å². The number of methoxy groups -OCH3 is 1. The zero-order valence-corrected chi connectivity index (χ0v) is 17.5. The molecule has 3 aromatic carbocycles. The van der Waals surface area contributed by atoms with Gasteiger partial charge in [-0.1, -0.05) is 60.1 Å². The molecule has 0 aliphatic heterocycles. The van der Waals surface area contributed by atoms with Gasteiger partial charge in [0.05, 0.1) is 11.6 Å². The smallest absolute Gasteiger partial charge is 0.175 e. The molecule has 0 aromatic heterocycles. The van der Waals surface area contributed by atoms with Crippen LogP contribution in [0, 0.1) is 0 Å². The fourth-order valence-electron chi connectivity index (χ4n) is 2.82. The highest BCUT2D eigenvalue weighted by atomic mass is 79.9. The Balaban J connectivity index is 1.66. The SMILES string of the molecule is COc1cc(C[NH2+]Cc2ccccc2)cc(Br)c1OCc1ccccc1Cl. The molecule has 3 nitrogen and oxygen atoms in total. The molecule has 2 N–H and O–H groups in total. The van der Waals surface area contributed by atoms with Crippen LogP contribution in [0.4, 0.5) is 0 Å². The summed E-state index contributed by atoms with van der Waals surface area (Å²) in [4.78, 5) is 0. The Kier molecular flexibility index (Phi) is 7.16. The van der Waals surface area contributed by atoms with Gasteiger partial charge in [-0.05, 0) is 34.1 Å². The number of hydrogen-bond donors (Lipinski definition) is 1. The minimum atomic E-state index is 0.383. The Bertz CT molecular complexity index is 887. The van der Waals surface area contributed by atoms with Crippen molar-refractivity contribution in [3.8, 4) is 11.5 Å². The number of quaternary nitrogens is 1. The van der Waals surface area contributed by atoms with Gasteiger partial charge in [-0.2, -0.15) is 0 Å². The number of halogens is 2. The second-order valence-corrected chi connectivity index (χ2v) is 7.43. The molecule has 27 heavy (non-hydrogen) atoms. The monoisotopic (exact) mass is 446 g/mol. The molecule has 0 fully saturated rings. The van der Waals surface area contributed by atoms with Gasteiger partial charge in [-0.3, -0.25) is 0 Å². The van der Waals surface area contributed by atoms with E-state index in [2.05, 4.69) is 51.6 Å². The highest BCUT2D eigenvalue weighted by Crippen LogP contribution is 2.37. The first-order chi connectivity index (χ1) is 13.2. The van der Waals surface area contributed by atoms with E-state index in [4.69, 9.17) is 21.1 Å². The lowest BCUT2D eigenvalue weighted by Gasteiger charge is -2.15. The van der Waals surface area contributed by atoms with Crippen molar-refractivity contribution in [2.75, 3.05) is 7.11 Å². The summed E-state index contributed by atoms with van der Waals surface area (Å²) in [5, 5.41) is 2.96. The molecule has 0 bridgehead atoms. The Morgan fingerprint density at radius 3 is 2.37 bits per heavy atom. The number of hydrogen-bond acceptors (Lipinski definition) is 2. The highest BCUT2D eigenvalue weighted by Gasteiger charge is 2.13. The maximum absolute atomic E-state index is 6.21. The Labute approximate surface area is 173 Å². The normalized spacial score (nSPS) is 10.6. The molecule has 0 spiro atoms. The van der Waals surface area contributed by atoms with E-state index < -0.39 is 0 Å². The molecule has 0 unspecified atom stereocenters. The summed E-state index contributed by atoms with van der Waals surface area (Å²) in [7, 11) is 1.65. The molecule has 3 aromatic rings. The van der Waals surface area contributed by atoms with Crippen LogP contribution >= 0.6 is 27.5 Å². The van der Waals surface area contributed by atoms with Gasteiger partial charge in [-0.25, -0.2) is 0 Å². The van der Waals surface area contributed by atoms with E-state index in [-0.39, 0.29) is 0 Å². The maximum atomic E-state index is 6.21. The highest BCUT2D eigenvalue weighted by molar-refractivity contribution is 9.10. The predicted octanol–water partition coefficient (Wildman–Crippen LogP) is 4.95. The van der Waals surface area contributed by atoms with Crippen LogP contribution in [0.5, 0.6) is 11.5 Å². The fraction of sp³-hybridized carbons (Fsp3) is 0.182. The minimum Gasteiger partial charge on any atom is -0.493 e. The van der Waals surface area contributed by atoms with Crippen molar-refractivity contribution < 1.29 is 14.8 Å². The molecule has 0 amide bonds. The van der Waals surface area contributed by atoms with Gasteiger partial charge in [0, 0.05) is 21.7 Å². The lowest BCUT2D eigenvalue weighted by Crippen LogP contribution is -2.80. The van der Waals surface area contributed by atoms with E-state index >= 15 is 0 Å². The van der Waals surface area contributed by atoms with Gasteiger partial charge in [0.15, 0.2) is 11.5 Å². The summed E-state index contributed by atoms with van der Waals surface area (Å²) in [5.74, 6) is 1.39. The van der Waals surface area contributed by atoms with E-state index in [1.165, 1.54) is 11.1 Å². The fourth-order valence-corrected chi connectivity index (χ4v) is 3.61. The van der Waals surface area contributed by atoms with Gasteiger partial charge < -0.3 is 14.8 Å². The molecule has 0 saturated heterocycles. The van der Waals surface area contributed by atoms with E-state index in [1.54, 1.807) is 7.11 Å². The first-order valence-corrected chi connectivity index (χ1v) is 9.92. The molecule has 0 atom stereocenters. The lowest BCUT2D eigenvalue weighted by molar-refractivity contribution is -0.686. The van der Waals surface area contributed by atoms with Crippen molar-refractivity contribution in [1.29, 1.82) is 0 Å². The van der Waals surface area contributed by atoms with Crippen molar-refractivity contribution in [1.82, 2.24) is 0 Å². The van der Waals surface area contributed by atoms with E-state index in [1.807, 2.05) is 36.4 Å². The second kappa shape index (κ2) is 9.79. The van der Waals surface area contributed by atoms with Crippen molar-refractivity contribution in [3.05, 3.63) is 92.9 Å². The summed E-state index contributed by atoms with van der Waals surface area (Å²) < 4.78 is 12.4. The van der Waals surface area contributed by atoms with Gasteiger partial charge >= 0.3 is 0 Å². The van der Waals surface area contributed by atoms with Crippen molar-refractivity contribution in [2.45, 2.75) is 19.7 Å². The average Bonchev–Trinajstić information content (AvgIpc) is 2.69. The standard InChI is InChI=1S/C22H21BrClNO2/c1-26-21-12-17(14-25-13-16-7-3-2-4-8-16)11-19(23)22(21)27-15-18-9-5-6-10-20(18)24/h2-12,25H,13-15H2,1H3/p+1. The summed E-state index contributed by atoms with van der Waals surface area (Å²) in [6.45, 7) is 2.17. The summed E-state index contributed by atoms with van der Waals surface area (Å²) in [6.07, 6.45) is 0. The van der Waals surface area contributed by atoms with Crippen LogP contribution in [0.2, 0.25) is 5.02 Å². The molecule has 0 saturated carbocycles. The van der Waals surface area contributed by atoms with Crippen LogP contribution in [0.15, 0.2) is 71.2 Å².